The summed E-state index contributed by atoms with van der Waals surface area (Å²) in [6.07, 6.45) is 3.07. The summed E-state index contributed by atoms with van der Waals surface area (Å²) < 4.78 is 0. The number of pyridine rings is 1. The number of carbonyl (C=O) groups excluding carboxylic acids is 2. The van der Waals surface area contributed by atoms with Crippen molar-refractivity contribution in [2.75, 3.05) is 5.32 Å². The van der Waals surface area contributed by atoms with Crippen LogP contribution in [0.4, 0.5) is 5.69 Å². The number of hydrogen-bond acceptors (Lipinski definition) is 3. The molecule has 2 rings (SSSR count). The summed E-state index contributed by atoms with van der Waals surface area (Å²) >= 11 is 0. The minimum atomic E-state index is -0.701. The van der Waals surface area contributed by atoms with Crippen LogP contribution in [-0.4, -0.2) is 16.8 Å². The Hall–Kier alpha value is -2.69. The van der Waals surface area contributed by atoms with Crippen LogP contribution in [-0.2, 0) is 16.1 Å². The highest BCUT2D eigenvalue weighted by atomic mass is 16.2. The molecule has 5 nitrogen and oxygen atoms in total. The molecule has 0 radical (unpaired) electrons. The molecule has 0 spiro atoms. The van der Waals surface area contributed by atoms with Crippen LogP contribution in [0.15, 0.2) is 42.7 Å². The second-order valence-corrected chi connectivity index (χ2v) is 4.81. The molecule has 0 unspecified atom stereocenters. The molecule has 5 heteroatoms. The van der Waals surface area contributed by atoms with Gasteiger partial charge in [-0.3, -0.25) is 14.6 Å². The number of hydrogen-bond donors (Lipinski definition) is 2. The van der Waals surface area contributed by atoms with Gasteiger partial charge in [-0.1, -0.05) is 23.8 Å². The Bertz CT molecular complexity index is 654. The third-order valence-electron chi connectivity index (χ3n) is 3.06. The maximum absolute atomic E-state index is 11.8. The predicted molar refractivity (Wildman–Crippen MR) is 80.6 cm³/mol. The zero-order valence-corrected chi connectivity index (χ0v) is 12.0. The molecule has 21 heavy (non-hydrogen) atoms. The van der Waals surface area contributed by atoms with Gasteiger partial charge in [0.05, 0.1) is 11.9 Å². The minimum Gasteiger partial charge on any atom is -0.344 e. The standard InChI is InChI=1S/C16H17N3O2/c1-11-5-6-13(12(2)8-11)9-18-15(20)16(21)19-14-4-3-7-17-10-14/h3-8,10H,9H2,1-2H3,(H,18,20)(H,19,21). The maximum Gasteiger partial charge on any atom is 0.313 e. The number of nitrogens with one attached hydrogen (secondary N) is 2. The van der Waals surface area contributed by atoms with Crippen LogP contribution >= 0.6 is 0 Å². The van der Waals surface area contributed by atoms with Crippen LogP contribution in [0.25, 0.3) is 0 Å². The molecule has 0 saturated carbocycles. The molecular formula is C16H17N3O2. The van der Waals surface area contributed by atoms with Crippen LogP contribution in [0.3, 0.4) is 0 Å². The van der Waals surface area contributed by atoms with Gasteiger partial charge in [-0.05, 0) is 37.1 Å². The maximum atomic E-state index is 11.8. The van der Waals surface area contributed by atoms with E-state index in [2.05, 4.69) is 15.6 Å². The fraction of sp³-hybridized carbons (Fsp3) is 0.188. The SMILES string of the molecule is Cc1ccc(CNC(=O)C(=O)Nc2cccnc2)c(C)c1. The molecule has 0 fully saturated rings. The largest absolute Gasteiger partial charge is 0.344 e. The van der Waals surface area contributed by atoms with Gasteiger partial charge in [0.25, 0.3) is 0 Å². The first-order chi connectivity index (χ1) is 10.1. The van der Waals surface area contributed by atoms with Crippen LogP contribution in [0.1, 0.15) is 16.7 Å². The average Bonchev–Trinajstić information content (AvgIpc) is 2.47. The van der Waals surface area contributed by atoms with Gasteiger partial charge < -0.3 is 10.6 Å². The van der Waals surface area contributed by atoms with E-state index in [9.17, 15) is 9.59 Å². The summed E-state index contributed by atoms with van der Waals surface area (Å²) in [6.45, 7) is 4.31. The predicted octanol–water partition coefficient (Wildman–Crippen LogP) is 1.95. The molecule has 0 bridgehead atoms. The number of amides is 2. The van der Waals surface area contributed by atoms with Gasteiger partial charge in [0.15, 0.2) is 0 Å². The molecule has 108 valence electrons. The lowest BCUT2D eigenvalue weighted by Gasteiger charge is -2.09. The fourth-order valence-corrected chi connectivity index (χ4v) is 1.92. The van der Waals surface area contributed by atoms with Crippen LogP contribution < -0.4 is 10.6 Å². The normalized spacial score (nSPS) is 10.0. The number of aryl methyl sites for hydroxylation is 2. The van der Waals surface area contributed by atoms with Crippen molar-refractivity contribution in [3.05, 3.63) is 59.4 Å². The van der Waals surface area contributed by atoms with Crippen molar-refractivity contribution in [2.24, 2.45) is 0 Å². The highest BCUT2D eigenvalue weighted by Gasteiger charge is 2.13. The highest BCUT2D eigenvalue weighted by Crippen LogP contribution is 2.10. The molecule has 0 aliphatic heterocycles. The van der Waals surface area contributed by atoms with E-state index < -0.39 is 11.8 Å². The molecule has 0 aliphatic carbocycles. The topological polar surface area (TPSA) is 71.1 Å². The van der Waals surface area contributed by atoms with Gasteiger partial charge in [0.2, 0.25) is 0 Å². The fourth-order valence-electron chi connectivity index (χ4n) is 1.92. The third kappa shape index (κ3) is 4.14. The van der Waals surface area contributed by atoms with Gasteiger partial charge >= 0.3 is 11.8 Å². The van der Waals surface area contributed by atoms with Crippen molar-refractivity contribution in [2.45, 2.75) is 20.4 Å². The first-order valence-corrected chi connectivity index (χ1v) is 6.61. The van der Waals surface area contributed by atoms with Gasteiger partial charge in [-0.15, -0.1) is 0 Å². The van der Waals surface area contributed by atoms with E-state index in [1.54, 1.807) is 18.3 Å². The minimum absolute atomic E-state index is 0.325. The van der Waals surface area contributed by atoms with Crippen LogP contribution in [0, 0.1) is 13.8 Å². The van der Waals surface area contributed by atoms with Crippen molar-refractivity contribution in [1.29, 1.82) is 0 Å². The van der Waals surface area contributed by atoms with Crippen molar-refractivity contribution >= 4 is 17.5 Å². The molecular weight excluding hydrogens is 266 g/mol. The lowest BCUT2D eigenvalue weighted by molar-refractivity contribution is -0.136. The van der Waals surface area contributed by atoms with Crippen LogP contribution in [0.2, 0.25) is 0 Å². The van der Waals surface area contributed by atoms with E-state index in [1.807, 2.05) is 32.0 Å². The molecule has 1 aromatic carbocycles. The quantitative estimate of drug-likeness (QED) is 0.846. The Morgan fingerprint density at radius 2 is 1.95 bits per heavy atom. The molecule has 0 aliphatic rings. The Morgan fingerprint density at radius 1 is 1.14 bits per heavy atom. The first-order valence-electron chi connectivity index (χ1n) is 6.61. The monoisotopic (exact) mass is 283 g/mol. The second kappa shape index (κ2) is 6.65. The van der Waals surface area contributed by atoms with Crippen molar-refractivity contribution in [3.63, 3.8) is 0 Å². The van der Waals surface area contributed by atoms with Gasteiger partial charge in [0.1, 0.15) is 0 Å². The highest BCUT2D eigenvalue weighted by molar-refractivity contribution is 6.39. The molecule has 0 atom stereocenters. The van der Waals surface area contributed by atoms with E-state index in [-0.39, 0.29) is 0 Å². The van der Waals surface area contributed by atoms with Gasteiger partial charge in [0, 0.05) is 12.7 Å². The first kappa shape index (κ1) is 14.7. The average molecular weight is 283 g/mol. The summed E-state index contributed by atoms with van der Waals surface area (Å²) in [5.74, 6) is -1.37. The zero-order valence-electron chi connectivity index (χ0n) is 12.0. The van der Waals surface area contributed by atoms with Crippen molar-refractivity contribution in [1.82, 2.24) is 10.3 Å². The summed E-state index contributed by atoms with van der Waals surface area (Å²) in [4.78, 5) is 27.3. The molecule has 2 aromatic rings. The number of nitrogens with zero attached hydrogens (tertiary/aromatic N) is 1. The number of rotatable bonds is 3. The smallest absolute Gasteiger partial charge is 0.313 e. The lowest BCUT2D eigenvalue weighted by atomic mass is 10.1. The van der Waals surface area contributed by atoms with Gasteiger partial charge in [-0.25, -0.2) is 0 Å². The Labute approximate surface area is 123 Å². The lowest BCUT2D eigenvalue weighted by Crippen LogP contribution is -2.35. The summed E-state index contributed by atoms with van der Waals surface area (Å²) in [5, 5.41) is 5.10. The number of benzene rings is 1. The van der Waals surface area contributed by atoms with Gasteiger partial charge in [-0.2, -0.15) is 0 Å². The molecule has 2 amide bonds. The Kier molecular flexibility index (Phi) is 4.66. The third-order valence-corrected chi connectivity index (χ3v) is 3.06. The van der Waals surface area contributed by atoms with E-state index in [4.69, 9.17) is 0 Å². The molecule has 1 aromatic heterocycles. The number of carbonyl (C=O) groups is 2. The summed E-state index contributed by atoms with van der Waals surface area (Å²) in [6, 6.07) is 9.32. The molecule has 2 N–H and O–H groups in total. The van der Waals surface area contributed by atoms with E-state index in [0.29, 0.717) is 12.2 Å². The van der Waals surface area contributed by atoms with E-state index >= 15 is 0 Å². The summed E-state index contributed by atoms with van der Waals surface area (Å²) in [7, 11) is 0. The molecule has 1 heterocycles. The van der Waals surface area contributed by atoms with E-state index in [0.717, 1.165) is 16.7 Å². The summed E-state index contributed by atoms with van der Waals surface area (Å²) in [5.41, 5.74) is 3.73. The molecule has 0 saturated heterocycles. The van der Waals surface area contributed by atoms with Crippen molar-refractivity contribution < 1.29 is 9.59 Å². The number of anilines is 1. The van der Waals surface area contributed by atoms with E-state index in [1.165, 1.54) is 6.20 Å². The Morgan fingerprint density at radius 3 is 2.62 bits per heavy atom. The zero-order chi connectivity index (χ0) is 15.2. The Balaban J connectivity index is 1.91. The van der Waals surface area contributed by atoms with Crippen LogP contribution in [0.5, 0.6) is 0 Å². The number of aromatic nitrogens is 1. The van der Waals surface area contributed by atoms with Crippen molar-refractivity contribution in [3.8, 4) is 0 Å². The second-order valence-electron chi connectivity index (χ2n) is 4.81.